The van der Waals surface area contributed by atoms with Crippen LogP contribution in [-0.2, 0) is 4.79 Å². The third-order valence-electron chi connectivity index (χ3n) is 5.84. The first-order valence-electron chi connectivity index (χ1n) is 10.8. The molecular weight excluding hydrogens is 396 g/mol. The van der Waals surface area contributed by atoms with Crippen molar-refractivity contribution in [1.29, 1.82) is 0 Å². The van der Waals surface area contributed by atoms with Gasteiger partial charge in [0.25, 0.3) is 11.8 Å². The molecule has 1 aliphatic heterocycles. The maximum Gasteiger partial charge on any atom is 0.261 e. The highest BCUT2D eigenvalue weighted by Crippen LogP contribution is 2.36. The van der Waals surface area contributed by atoms with Crippen LogP contribution in [0.25, 0.3) is 0 Å². The van der Waals surface area contributed by atoms with E-state index in [0.717, 1.165) is 0 Å². The normalized spacial score (nSPS) is 22.1. The maximum atomic E-state index is 12.8. The Morgan fingerprint density at radius 2 is 1.74 bits per heavy atom. The molecule has 0 aromatic heterocycles. The van der Waals surface area contributed by atoms with Crippen LogP contribution < -0.4 is 0 Å². The molecule has 0 radical (unpaired) electrons. The standard InChI is InChI=1S/C24H30N2O5/c1-4-15(14-27)25-18-12-24(2,3)13-20(29)21(18)19(28)10-7-11-26-22(30)16-8-5-6-9-17(16)23(26)31/h5-6,8-9,15,27-28H,4,7,10-14H2,1-3H3/t15-/m0/s1. The Bertz CT molecular complexity index is 921. The van der Waals surface area contributed by atoms with Crippen molar-refractivity contribution in [3.05, 3.63) is 46.7 Å². The molecule has 1 heterocycles. The van der Waals surface area contributed by atoms with Crippen LogP contribution in [-0.4, -0.2) is 57.6 Å². The topological polar surface area (TPSA) is 107 Å². The van der Waals surface area contributed by atoms with Crippen molar-refractivity contribution < 1.29 is 24.6 Å². The average Bonchev–Trinajstić information content (AvgIpc) is 2.96. The lowest BCUT2D eigenvalue weighted by Crippen LogP contribution is -2.34. The minimum atomic E-state index is -0.334. The van der Waals surface area contributed by atoms with Gasteiger partial charge in [-0.05, 0) is 36.8 Å². The number of amides is 2. The first-order valence-corrected chi connectivity index (χ1v) is 10.8. The molecule has 166 valence electrons. The van der Waals surface area contributed by atoms with Gasteiger partial charge in [0, 0.05) is 25.1 Å². The third-order valence-corrected chi connectivity index (χ3v) is 5.84. The molecule has 1 aromatic rings. The van der Waals surface area contributed by atoms with Gasteiger partial charge in [0.05, 0.1) is 29.3 Å². The number of aliphatic hydroxyl groups excluding tert-OH is 2. The van der Waals surface area contributed by atoms with E-state index < -0.39 is 0 Å². The summed E-state index contributed by atoms with van der Waals surface area (Å²) in [6, 6.07) is 6.38. The van der Waals surface area contributed by atoms with Gasteiger partial charge < -0.3 is 10.2 Å². The summed E-state index contributed by atoms with van der Waals surface area (Å²) in [7, 11) is 0. The molecule has 0 bridgehead atoms. The van der Waals surface area contributed by atoms with E-state index >= 15 is 0 Å². The summed E-state index contributed by atoms with van der Waals surface area (Å²) in [5, 5.41) is 20.3. The molecule has 3 rings (SSSR count). The fourth-order valence-corrected chi connectivity index (χ4v) is 4.18. The Hall–Kier alpha value is -2.80. The highest BCUT2D eigenvalue weighted by Gasteiger charge is 2.37. The third kappa shape index (κ3) is 4.77. The van der Waals surface area contributed by atoms with Crippen molar-refractivity contribution in [1.82, 2.24) is 4.90 Å². The number of aliphatic imine (C=N–C) groups is 1. The molecule has 2 N–H and O–H groups in total. The zero-order chi connectivity index (χ0) is 22.8. The van der Waals surface area contributed by atoms with E-state index in [0.29, 0.717) is 42.5 Å². The smallest absolute Gasteiger partial charge is 0.261 e. The van der Waals surface area contributed by atoms with Crippen molar-refractivity contribution in [2.45, 2.75) is 58.9 Å². The summed E-state index contributed by atoms with van der Waals surface area (Å²) in [4.78, 5) is 43.5. The Morgan fingerprint density at radius 1 is 1.13 bits per heavy atom. The van der Waals surface area contributed by atoms with E-state index in [-0.39, 0.29) is 60.0 Å². The van der Waals surface area contributed by atoms with E-state index in [1.165, 1.54) is 4.90 Å². The van der Waals surface area contributed by atoms with Crippen LogP contribution in [0, 0.1) is 5.41 Å². The summed E-state index contributed by atoms with van der Waals surface area (Å²) in [5.41, 5.74) is 1.27. The number of benzene rings is 1. The van der Waals surface area contributed by atoms with Crippen LogP contribution >= 0.6 is 0 Å². The van der Waals surface area contributed by atoms with Gasteiger partial charge in [0.1, 0.15) is 5.76 Å². The highest BCUT2D eigenvalue weighted by molar-refractivity contribution is 6.24. The number of fused-ring (bicyclic) bond motifs is 1. The summed E-state index contributed by atoms with van der Waals surface area (Å²) in [6.07, 6.45) is 1.96. The van der Waals surface area contributed by atoms with Gasteiger partial charge >= 0.3 is 0 Å². The molecule has 31 heavy (non-hydrogen) atoms. The number of rotatable bonds is 7. The molecular formula is C24H30N2O5. The van der Waals surface area contributed by atoms with E-state index in [9.17, 15) is 24.6 Å². The quantitative estimate of drug-likeness (QED) is 0.394. The van der Waals surface area contributed by atoms with Gasteiger partial charge in [-0.25, -0.2) is 0 Å². The van der Waals surface area contributed by atoms with Crippen molar-refractivity contribution in [2.75, 3.05) is 13.2 Å². The van der Waals surface area contributed by atoms with Gasteiger partial charge in [-0.15, -0.1) is 0 Å². The minimum Gasteiger partial charge on any atom is -0.511 e. The molecule has 1 aliphatic carbocycles. The second-order valence-corrected chi connectivity index (χ2v) is 8.99. The van der Waals surface area contributed by atoms with Crippen LogP contribution in [0.15, 0.2) is 40.6 Å². The largest absolute Gasteiger partial charge is 0.511 e. The summed E-state index contributed by atoms with van der Waals surface area (Å²) >= 11 is 0. The molecule has 7 nitrogen and oxygen atoms in total. The second-order valence-electron chi connectivity index (χ2n) is 8.99. The molecule has 1 saturated carbocycles. The van der Waals surface area contributed by atoms with E-state index in [2.05, 4.69) is 4.99 Å². The van der Waals surface area contributed by atoms with Crippen LogP contribution in [0.4, 0.5) is 0 Å². The monoisotopic (exact) mass is 426 g/mol. The molecule has 1 fully saturated rings. The van der Waals surface area contributed by atoms with Gasteiger partial charge in [0.2, 0.25) is 0 Å². The lowest BCUT2D eigenvalue weighted by molar-refractivity contribution is -0.117. The highest BCUT2D eigenvalue weighted by atomic mass is 16.3. The van der Waals surface area contributed by atoms with Crippen molar-refractivity contribution in [3.63, 3.8) is 0 Å². The Morgan fingerprint density at radius 3 is 2.29 bits per heavy atom. The SMILES string of the molecule is CC[C@@H](CO)N=C1CC(C)(C)CC(=O)C1=C(O)CCCN1C(=O)c2ccccc2C1=O. The lowest BCUT2D eigenvalue weighted by Gasteiger charge is -2.32. The number of hydrogen-bond acceptors (Lipinski definition) is 6. The number of allylic oxidation sites excluding steroid dienone is 2. The van der Waals surface area contributed by atoms with Crippen molar-refractivity contribution >= 4 is 23.3 Å². The predicted octanol–water partition coefficient (Wildman–Crippen LogP) is 3.48. The lowest BCUT2D eigenvalue weighted by atomic mass is 9.73. The summed E-state index contributed by atoms with van der Waals surface area (Å²) in [6.45, 7) is 5.91. The molecule has 0 spiro atoms. The van der Waals surface area contributed by atoms with Crippen LogP contribution in [0.1, 0.15) is 73.6 Å². The number of imide groups is 1. The van der Waals surface area contributed by atoms with Crippen LogP contribution in [0.3, 0.4) is 0 Å². The second kappa shape index (κ2) is 9.14. The van der Waals surface area contributed by atoms with E-state index in [4.69, 9.17) is 0 Å². The zero-order valence-electron chi connectivity index (χ0n) is 18.4. The van der Waals surface area contributed by atoms with E-state index in [1.54, 1.807) is 24.3 Å². The summed E-state index contributed by atoms with van der Waals surface area (Å²) in [5.74, 6) is -0.900. The maximum absolute atomic E-state index is 12.8. The van der Waals surface area contributed by atoms with Gasteiger partial charge in [0.15, 0.2) is 5.78 Å². The molecule has 1 atom stereocenters. The molecule has 2 amide bonds. The van der Waals surface area contributed by atoms with Gasteiger partial charge in [-0.2, -0.15) is 0 Å². The number of hydrogen-bond donors (Lipinski definition) is 2. The average molecular weight is 427 g/mol. The van der Waals surface area contributed by atoms with Gasteiger partial charge in [-0.1, -0.05) is 32.9 Å². The number of Topliss-reactive ketones (excluding diaryl/α,β-unsaturated/α-hetero) is 1. The van der Waals surface area contributed by atoms with Gasteiger partial charge in [-0.3, -0.25) is 24.3 Å². The predicted molar refractivity (Wildman–Crippen MR) is 117 cm³/mol. The Kier molecular flexibility index (Phi) is 6.74. The van der Waals surface area contributed by atoms with Crippen LogP contribution in [0.5, 0.6) is 0 Å². The Balaban J connectivity index is 1.76. The number of nitrogens with zero attached hydrogens (tertiary/aromatic N) is 2. The molecule has 0 saturated heterocycles. The molecule has 7 heteroatoms. The van der Waals surface area contributed by atoms with Crippen molar-refractivity contribution in [3.8, 4) is 0 Å². The summed E-state index contributed by atoms with van der Waals surface area (Å²) < 4.78 is 0. The van der Waals surface area contributed by atoms with Crippen LogP contribution in [0.2, 0.25) is 0 Å². The first kappa shape index (κ1) is 22.9. The minimum absolute atomic E-state index is 0.0661. The first-order chi connectivity index (χ1) is 14.7. The molecule has 2 aliphatic rings. The number of carbonyl (C=O) groups is 3. The molecule has 0 unspecified atom stereocenters. The van der Waals surface area contributed by atoms with E-state index in [1.807, 2.05) is 20.8 Å². The zero-order valence-corrected chi connectivity index (χ0v) is 18.4. The van der Waals surface area contributed by atoms with Crippen molar-refractivity contribution in [2.24, 2.45) is 10.4 Å². The number of ketones is 1. The Labute approximate surface area is 182 Å². The molecule has 1 aromatic carbocycles. The number of aliphatic hydroxyl groups is 2. The number of carbonyl (C=O) groups excluding carboxylic acids is 3. The fourth-order valence-electron chi connectivity index (χ4n) is 4.18. The fraction of sp³-hybridized carbons (Fsp3) is 0.500.